The van der Waals surface area contributed by atoms with E-state index in [0.717, 1.165) is 0 Å². The van der Waals surface area contributed by atoms with Gasteiger partial charge in [0.15, 0.2) is 0 Å². The molecule has 7 nitrogen and oxygen atoms in total. The summed E-state index contributed by atoms with van der Waals surface area (Å²) in [6, 6.07) is 20.0. The Morgan fingerprint density at radius 3 is 2.22 bits per heavy atom. The molecule has 0 bridgehead atoms. The third-order valence-corrected chi connectivity index (χ3v) is 5.78. The van der Waals surface area contributed by atoms with E-state index < -0.39 is 17.7 Å². The van der Waals surface area contributed by atoms with Gasteiger partial charge in [0.05, 0.1) is 31.4 Å². The number of ketones is 1. The Morgan fingerprint density at radius 1 is 0.944 bits per heavy atom. The van der Waals surface area contributed by atoms with E-state index in [9.17, 15) is 14.7 Å². The van der Waals surface area contributed by atoms with Crippen molar-refractivity contribution in [3.63, 3.8) is 0 Å². The molecular formula is C29H29NO6. The van der Waals surface area contributed by atoms with Crippen LogP contribution in [0, 0.1) is 0 Å². The van der Waals surface area contributed by atoms with Gasteiger partial charge >= 0.3 is 0 Å². The zero-order valence-corrected chi connectivity index (χ0v) is 20.7. The second-order valence-corrected chi connectivity index (χ2v) is 8.56. The van der Waals surface area contributed by atoms with E-state index in [4.69, 9.17) is 14.2 Å². The molecule has 1 saturated heterocycles. The molecule has 0 radical (unpaired) electrons. The Bertz CT molecular complexity index is 1280. The van der Waals surface area contributed by atoms with Crippen LogP contribution in [0.1, 0.15) is 37.9 Å². The number of amides is 1. The Balaban J connectivity index is 1.87. The van der Waals surface area contributed by atoms with Gasteiger partial charge in [0, 0.05) is 17.3 Å². The monoisotopic (exact) mass is 487 g/mol. The maximum absolute atomic E-state index is 13.4. The Labute approximate surface area is 210 Å². The SMILES string of the molecule is CCOc1cccc(N2C(=O)C(=O)/C(=C(/O)c3ccc(OC)cc3)C2c2ccc(OC(C)C)cc2)c1. The summed E-state index contributed by atoms with van der Waals surface area (Å²) in [6.07, 6.45) is -0.00198. The molecule has 0 aromatic heterocycles. The number of hydrogen-bond donors (Lipinski definition) is 1. The fraction of sp³-hybridized carbons (Fsp3) is 0.241. The maximum Gasteiger partial charge on any atom is 0.300 e. The molecule has 1 heterocycles. The highest BCUT2D eigenvalue weighted by Crippen LogP contribution is 2.43. The number of carbonyl (C=O) groups is 2. The minimum Gasteiger partial charge on any atom is -0.507 e. The molecule has 0 aliphatic carbocycles. The molecule has 186 valence electrons. The molecule has 7 heteroatoms. The summed E-state index contributed by atoms with van der Waals surface area (Å²) in [6.45, 7) is 6.20. The van der Waals surface area contributed by atoms with E-state index >= 15 is 0 Å². The van der Waals surface area contributed by atoms with Crippen LogP contribution in [-0.2, 0) is 9.59 Å². The molecule has 3 aromatic carbocycles. The molecule has 1 aliphatic heterocycles. The number of hydrogen-bond acceptors (Lipinski definition) is 6. The van der Waals surface area contributed by atoms with Crippen LogP contribution in [0.2, 0.25) is 0 Å². The Morgan fingerprint density at radius 2 is 1.61 bits per heavy atom. The van der Waals surface area contributed by atoms with Crippen LogP contribution >= 0.6 is 0 Å². The van der Waals surface area contributed by atoms with Gasteiger partial charge in [-0.1, -0.05) is 18.2 Å². The fourth-order valence-corrected chi connectivity index (χ4v) is 4.21. The highest BCUT2D eigenvalue weighted by molar-refractivity contribution is 6.51. The molecule has 0 spiro atoms. The van der Waals surface area contributed by atoms with Gasteiger partial charge in [-0.25, -0.2) is 0 Å². The summed E-state index contributed by atoms with van der Waals surface area (Å²) in [5.41, 5.74) is 1.55. The molecule has 4 rings (SSSR count). The highest BCUT2D eigenvalue weighted by atomic mass is 16.5. The standard InChI is InChI=1S/C29H29NO6/c1-5-35-24-8-6-7-21(17-24)30-26(19-9-15-23(16-10-19)36-18(2)3)25(28(32)29(30)33)27(31)20-11-13-22(34-4)14-12-20/h6-18,26,31H,5H2,1-4H3/b27-25+. The van der Waals surface area contributed by atoms with Crippen molar-refractivity contribution < 1.29 is 28.9 Å². The molecule has 3 aromatic rings. The van der Waals surface area contributed by atoms with E-state index in [1.807, 2.05) is 20.8 Å². The molecule has 1 atom stereocenters. The van der Waals surface area contributed by atoms with Gasteiger partial charge in [0.1, 0.15) is 23.0 Å². The van der Waals surface area contributed by atoms with E-state index in [-0.39, 0.29) is 17.4 Å². The summed E-state index contributed by atoms with van der Waals surface area (Å²) in [5, 5.41) is 11.3. The van der Waals surface area contributed by atoms with Crippen molar-refractivity contribution in [1.82, 2.24) is 0 Å². The summed E-state index contributed by atoms with van der Waals surface area (Å²) in [5.74, 6) is 0.0959. The van der Waals surface area contributed by atoms with Gasteiger partial charge in [-0.2, -0.15) is 0 Å². The molecule has 36 heavy (non-hydrogen) atoms. The van der Waals surface area contributed by atoms with Crippen LogP contribution in [0.25, 0.3) is 5.76 Å². The number of aliphatic hydroxyl groups is 1. The van der Waals surface area contributed by atoms with Crippen LogP contribution in [0.3, 0.4) is 0 Å². The number of methoxy groups -OCH3 is 1. The van der Waals surface area contributed by atoms with Crippen LogP contribution in [0.5, 0.6) is 17.2 Å². The first-order valence-corrected chi connectivity index (χ1v) is 11.8. The van der Waals surface area contributed by atoms with Crippen molar-refractivity contribution in [2.24, 2.45) is 0 Å². The lowest BCUT2D eigenvalue weighted by atomic mass is 9.95. The van der Waals surface area contributed by atoms with Gasteiger partial charge in [-0.15, -0.1) is 0 Å². The predicted molar refractivity (Wildman–Crippen MR) is 138 cm³/mol. The number of nitrogens with zero attached hydrogens (tertiary/aromatic N) is 1. The smallest absolute Gasteiger partial charge is 0.300 e. The average molecular weight is 488 g/mol. The summed E-state index contributed by atoms with van der Waals surface area (Å²) in [4.78, 5) is 28.1. The van der Waals surface area contributed by atoms with E-state index in [2.05, 4.69) is 0 Å². The van der Waals surface area contributed by atoms with Gasteiger partial charge in [0.25, 0.3) is 11.7 Å². The summed E-state index contributed by atoms with van der Waals surface area (Å²) >= 11 is 0. The second kappa shape index (κ2) is 10.6. The van der Waals surface area contributed by atoms with Crippen LogP contribution < -0.4 is 19.1 Å². The highest BCUT2D eigenvalue weighted by Gasteiger charge is 2.47. The molecule has 0 saturated carbocycles. The maximum atomic E-state index is 13.4. The largest absolute Gasteiger partial charge is 0.507 e. The number of anilines is 1. The second-order valence-electron chi connectivity index (χ2n) is 8.56. The van der Waals surface area contributed by atoms with Crippen molar-refractivity contribution in [3.8, 4) is 17.2 Å². The quantitative estimate of drug-likeness (QED) is 0.256. The number of rotatable bonds is 8. The lowest BCUT2D eigenvalue weighted by Gasteiger charge is -2.26. The lowest BCUT2D eigenvalue weighted by Crippen LogP contribution is -2.29. The van der Waals surface area contributed by atoms with Gasteiger partial charge in [0.2, 0.25) is 0 Å². The third kappa shape index (κ3) is 4.91. The number of benzene rings is 3. The topological polar surface area (TPSA) is 85.3 Å². The number of ether oxygens (including phenoxy) is 3. The normalized spacial score (nSPS) is 16.9. The minimum absolute atomic E-state index is 0.00198. The van der Waals surface area contributed by atoms with Gasteiger partial charge in [-0.3, -0.25) is 14.5 Å². The molecule has 1 amide bonds. The zero-order chi connectivity index (χ0) is 25.8. The van der Waals surface area contributed by atoms with Crippen molar-refractivity contribution in [2.75, 3.05) is 18.6 Å². The summed E-state index contributed by atoms with van der Waals surface area (Å²) in [7, 11) is 1.55. The Kier molecular flexibility index (Phi) is 7.29. The average Bonchev–Trinajstić information content (AvgIpc) is 3.14. The number of carbonyl (C=O) groups excluding carboxylic acids is 2. The van der Waals surface area contributed by atoms with E-state index in [1.54, 1.807) is 79.9 Å². The molecule has 1 fully saturated rings. The molecule has 1 aliphatic rings. The van der Waals surface area contributed by atoms with Gasteiger partial charge < -0.3 is 19.3 Å². The molecular weight excluding hydrogens is 458 g/mol. The van der Waals surface area contributed by atoms with Crippen LogP contribution in [-0.4, -0.2) is 36.6 Å². The van der Waals surface area contributed by atoms with Crippen LogP contribution in [0.4, 0.5) is 5.69 Å². The fourth-order valence-electron chi connectivity index (χ4n) is 4.21. The van der Waals surface area contributed by atoms with Crippen LogP contribution in [0.15, 0.2) is 78.4 Å². The zero-order valence-electron chi connectivity index (χ0n) is 20.7. The van der Waals surface area contributed by atoms with E-state index in [1.165, 1.54) is 4.90 Å². The predicted octanol–water partition coefficient (Wildman–Crippen LogP) is 5.51. The Hall–Kier alpha value is -4.26. The van der Waals surface area contributed by atoms with E-state index in [0.29, 0.717) is 40.7 Å². The van der Waals surface area contributed by atoms with Gasteiger partial charge in [-0.05, 0) is 74.9 Å². The first kappa shape index (κ1) is 24.9. The summed E-state index contributed by atoms with van der Waals surface area (Å²) < 4.78 is 16.6. The lowest BCUT2D eigenvalue weighted by molar-refractivity contribution is -0.132. The molecule has 1 N–H and O–H groups in total. The minimum atomic E-state index is -0.850. The van der Waals surface area contributed by atoms with Crippen molar-refractivity contribution >= 4 is 23.1 Å². The third-order valence-electron chi connectivity index (χ3n) is 5.78. The van der Waals surface area contributed by atoms with Crippen molar-refractivity contribution in [3.05, 3.63) is 89.5 Å². The first-order valence-electron chi connectivity index (χ1n) is 11.8. The number of Topliss-reactive ketones (excluding diaryl/α,β-unsaturated/α-hetero) is 1. The molecule has 1 unspecified atom stereocenters. The first-order chi connectivity index (χ1) is 17.3. The van der Waals surface area contributed by atoms with Crippen molar-refractivity contribution in [2.45, 2.75) is 32.9 Å². The number of aliphatic hydroxyl groups excluding tert-OH is 1. The van der Waals surface area contributed by atoms with Crippen molar-refractivity contribution in [1.29, 1.82) is 0 Å².